The molecule has 0 radical (unpaired) electrons. The summed E-state index contributed by atoms with van der Waals surface area (Å²) in [5.41, 5.74) is 18.5. The number of aliphatic carboxylic acids is 3. The molecule has 0 aromatic heterocycles. The Morgan fingerprint density at radius 3 is 0.940 bits per heavy atom. The summed E-state index contributed by atoms with van der Waals surface area (Å²) in [5, 5.41) is 39.1. The van der Waals surface area contributed by atoms with Crippen LogP contribution in [0.2, 0.25) is 10.0 Å². The van der Waals surface area contributed by atoms with Crippen LogP contribution in [0.1, 0.15) is 245 Å². The van der Waals surface area contributed by atoms with Gasteiger partial charge in [-0.3, -0.25) is 29.4 Å². The van der Waals surface area contributed by atoms with E-state index in [0.717, 1.165) is 71.3 Å². The first kappa shape index (κ1) is 128. The number of carbonyl (C=O) groups is 5. The zero-order valence-electron chi connectivity index (χ0n) is 75.3. The van der Waals surface area contributed by atoms with Crippen molar-refractivity contribution in [2.24, 2.45) is 15.7 Å². The minimum Gasteiger partial charge on any atom is -0.625 e. The average Bonchev–Trinajstić information content (AvgIpc) is 1.65. The van der Waals surface area contributed by atoms with E-state index in [1.54, 1.807) is 36.4 Å². The Morgan fingerprint density at radius 1 is 0.376 bits per heavy atom. The molecule has 0 spiro atoms. The maximum absolute atomic E-state index is 13.8. The summed E-state index contributed by atoms with van der Waals surface area (Å²) in [6.07, 6.45) is 3.30. The monoisotopic (exact) mass is 1930 g/mol. The summed E-state index contributed by atoms with van der Waals surface area (Å²) < 4.78 is 0. The fourth-order valence-corrected chi connectivity index (χ4v) is 14.6. The molecule has 720 valence electrons. The molecular weight excluding hydrogens is 1780 g/mol. The number of aliphatic imine (C=N–C) groups is 2. The van der Waals surface area contributed by atoms with Gasteiger partial charge in [0.05, 0.1) is 35.3 Å². The molecular formula is C114H149Cl2N7Ni2O8+2. The zero-order chi connectivity index (χ0) is 91.3. The summed E-state index contributed by atoms with van der Waals surface area (Å²) in [6, 6.07) is 105. The maximum Gasteiger partial charge on any atom is 2.00 e. The second kappa shape index (κ2) is 73.3. The Balaban J connectivity index is -0.000000848. The molecule has 2 aliphatic heterocycles. The Hall–Kier alpha value is -11.2. The largest absolute Gasteiger partial charge is 2.00 e. The van der Waals surface area contributed by atoms with Crippen LogP contribution in [0, 0.1) is 0 Å². The third-order valence-electron chi connectivity index (χ3n) is 19.8. The van der Waals surface area contributed by atoms with E-state index in [2.05, 4.69) is 117 Å². The Labute approximate surface area is 829 Å². The van der Waals surface area contributed by atoms with Gasteiger partial charge in [-0.2, -0.15) is 0 Å². The molecule has 12 aromatic rings. The van der Waals surface area contributed by atoms with Gasteiger partial charge in [0.25, 0.3) is 0 Å². The third kappa shape index (κ3) is 41.0. The van der Waals surface area contributed by atoms with Crippen molar-refractivity contribution in [3.63, 3.8) is 0 Å². The van der Waals surface area contributed by atoms with Crippen molar-refractivity contribution in [1.82, 2.24) is 9.80 Å². The van der Waals surface area contributed by atoms with E-state index in [9.17, 15) is 34.2 Å². The molecule has 15 nitrogen and oxygen atoms in total. The molecule has 2 fully saturated rings. The number of benzene rings is 12. The Kier molecular flexibility index (Phi) is 70.6. The number of carboxylic acid groups (broad SMARTS) is 3. The predicted molar refractivity (Wildman–Crippen MR) is 561 cm³/mol. The number of hydrogen-bond donors (Lipinski definition) is 4. The molecule has 4 unspecified atom stereocenters. The van der Waals surface area contributed by atoms with Crippen molar-refractivity contribution in [3.8, 4) is 0 Å². The molecule has 12 aromatic carbocycles. The van der Waals surface area contributed by atoms with Gasteiger partial charge in [-0.25, -0.2) is 4.79 Å². The SMILES string of the molecule is C.C.C.C.C.C.CC.CC.CC.CC.CC.CC.CC(c1ccccc1)c1ccccc1.NC(C(=O)O)C(c1ccccc1)c1ccccc1.O=C(O)C(N=C(c1ccccc1)c1cc(Cl)ccc1[N-]C(=O)C1CCCN1Cc1ccccc1)C(c1ccccc1)c1ccccc1.O=C(O)CN=C(c1ccccc1)c1cc(Cl)ccc1[N-]C(=O)C1CCCN1Cc1ccccc1.[Ni+2].[Ni+2]. The summed E-state index contributed by atoms with van der Waals surface area (Å²) >= 11 is 12.9. The van der Waals surface area contributed by atoms with E-state index in [4.69, 9.17) is 39.0 Å². The first-order valence-corrected chi connectivity index (χ1v) is 44.4. The molecule has 19 heteroatoms. The Morgan fingerprint density at radius 2 is 0.647 bits per heavy atom. The van der Waals surface area contributed by atoms with Gasteiger partial charge >= 0.3 is 50.9 Å². The molecule has 0 saturated carbocycles. The molecule has 4 atom stereocenters. The molecule has 5 N–H and O–H groups in total. The van der Waals surface area contributed by atoms with Gasteiger partial charge in [-0.05, 0) is 119 Å². The van der Waals surface area contributed by atoms with Crippen LogP contribution in [0.5, 0.6) is 0 Å². The topological polar surface area (TPSA) is 231 Å². The normalized spacial score (nSPS) is 12.8. The van der Waals surface area contributed by atoms with E-state index in [1.807, 2.05) is 301 Å². The number of likely N-dealkylation sites (tertiary alicyclic amines) is 2. The number of amides is 2. The van der Waals surface area contributed by atoms with E-state index < -0.39 is 42.5 Å². The first-order chi connectivity index (χ1) is 61.1. The molecule has 0 aliphatic carbocycles. The first-order valence-electron chi connectivity index (χ1n) is 43.7. The second-order valence-electron chi connectivity index (χ2n) is 27.5. The van der Waals surface area contributed by atoms with Gasteiger partial charge in [0, 0.05) is 52.0 Å². The van der Waals surface area contributed by atoms with E-state index in [1.165, 1.54) is 11.1 Å². The summed E-state index contributed by atoms with van der Waals surface area (Å²) in [5.74, 6) is -4.00. The van der Waals surface area contributed by atoms with E-state index >= 15 is 0 Å². The van der Waals surface area contributed by atoms with Crippen molar-refractivity contribution < 1.29 is 72.3 Å². The number of rotatable bonds is 25. The fourth-order valence-electron chi connectivity index (χ4n) is 14.2. The smallest absolute Gasteiger partial charge is 0.625 e. The van der Waals surface area contributed by atoms with Crippen LogP contribution in [0.3, 0.4) is 0 Å². The Bertz CT molecular complexity index is 4980. The molecule has 133 heavy (non-hydrogen) atoms. The minimum atomic E-state index is -1.20. The molecule has 0 bridgehead atoms. The molecule has 2 heterocycles. The van der Waals surface area contributed by atoms with Gasteiger partial charge in [0.1, 0.15) is 12.6 Å². The van der Waals surface area contributed by atoms with Crippen LogP contribution in [-0.2, 0) is 70.0 Å². The van der Waals surface area contributed by atoms with Crippen molar-refractivity contribution in [2.45, 2.75) is 215 Å². The molecule has 2 saturated heterocycles. The third-order valence-corrected chi connectivity index (χ3v) is 20.3. The number of nitrogens with zero attached hydrogens (tertiary/aromatic N) is 6. The van der Waals surface area contributed by atoms with Gasteiger partial charge in [0.2, 0.25) is 0 Å². The van der Waals surface area contributed by atoms with Crippen molar-refractivity contribution in [3.05, 3.63) is 427 Å². The second-order valence-corrected chi connectivity index (χ2v) is 28.4. The van der Waals surface area contributed by atoms with Gasteiger partial charge in [0.15, 0.2) is 6.04 Å². The molecule has 2 aliphatic rings. The van der Waals surface area contributed by atoms with Crippen LogP contribution < -0.4 is 5.73 Å². The van der Waals surface area contributed by atoms with E-state index in [0.29, 0.717) is 75.0 Å². The van der Waals surface area contributed by atoms with Crippen LogP contribution in [0.4, 0.5) is 11.4 Å². The number of carbonyl (C=O) groups excluding carboxylic acids is 2. The van der Waals surface area contributed by atoms with Crippen LogP contribution >= 0.6 is 23.2 Å². The quantitative estimate of drug-likeness (QED) is 0.0310. The number of hydrogen-bond acceptors (Lipinski definition) is 10. The van der Waals surface area contributed by atoms with Gasteiger partial charge < -0.3 is 41.3 Å². The van der Waals surface area contributed by atoms with Crippen molar-refractivity contribution >= 4 is 75.7 Å². The van der Waals surface area contributed by atoms with Crippen LogP contribution in [0.15, 0.2) is 350 Å². The molecule has 2 amide bonds. The average molecular weight is 1930 g/mol. The zero-order valence-corrected chi connectivity index (χ0v) is 78.8. The molecule has 14 rings (SSSR count). The minimum absolute atomic E-state index is 0. The van der Waals surface area contributed by atoms with Gasteiger partial charge in [-0.1, -0.05) is 473 Å². The van der Waals surface area contributed by atoms with Gasteiger partial charge in [-0.15, -0.1) is 11.4 Å². The summed E-state index contributed by atoms with van der Waals surface area (Å²) in [4.78, 5) is 76.4. The maximum atomic E-state index is 13.8. The number of carboxylic acids is 3. The van der Waals surface area contributed by atoms with E-state index in [-0.39, 0.29) is 107 Å². The summed E-state index contributed by atoms with van der Waals surface area (Å²) in [7, 11) is 0. The number of halogens is 2. The van der Waals surface area contributed by atoms with Crippen LogP contribution in [-0.4, -0.2) is 110 Å². The van der Waals surface area contributed by atoms with Crippen LogP contribution in [0.25, 0.3) is 10.6 Å². The number of nitrogens with two attached hydrogens (primary N) is 1. The summed E-state index contributed by atoms with van der Waals surface area (Å²) in [6.45, 7) is 28.8. The predicted octanol–water partition coefficient (Wildman–Crippen LogP) is 30.2. The fraction of sp³-hybridized carbons (Fsp3) is 0.307. The van der Waals surface area contributed by atoms with Crippen molar-refractivity contribution in [2.75, 3.05) is 19.6 Å². The standard InChI is InChI=1S/C40H36ClN3O3.C27H26ClN3O3.C15H15NO2.C14H14.6C2H6.6CH4.2Ni/c41-32-23-24-34(42-39(45)35-22-13-25-44(35)27-28-14-5-1-6-15-28)33(26-32)37(31-20-11-4-12-21-31)43-38(40(46)47)36(29-16-7-2-8-17-29)30-18-9-3-10-19-30;28-21-13-14-23(22(16-21)26(29-17-25(32)33)20-10-5-2-6-11-20)30-27(34)24-12-7-15-31(24)18-19-8-3-1-4-9-19;16-14(15(17)18)13(11-7-3-1-4-8-11)12-9-5-2-6-10-12;1-12(13-8-4-2-5-9-13)14-10-6-3-7-11-14;6*1-2;;;;;;;;/h1-12,14-21,23-24,26,35-36,38H,13,22,25,27H2,(H2,42,43,45,46,47);1-6,8-11,13-14,16,24H,7,12,15,17-18H2,(H2,29,30,32,33,34);1-10,13-14H,16H2,(H,17,18);2-12H,1H3;6*1-2H3;6*1H4;;/q;;;;;;;;;;;;;;;;2*+2/p-2. The van der Waals surface area contributed by atoms with Crippen molar-refractivity contribution in [1.29, 1.82) is 0 Å².